The maximum Gasteiger partial charge on any atom is 0.234 e. The van der Waals surface area contributed by atoms with Gasteiger partial charge in [0.1, 0.15) is 0 Å². The highest BCUT2D eigenvalue weighted by molar-refractivity contribution is 7.99. The van der Waals surface area contributed by atoms with Gasteiger partial charge < -0.3 is 16.0 Å². The van der Waals surface area contributed by atoms with Crippen LogP contribution in [0, 0.1) is 0 Å². The molecule has 2 rings (SSSR count). The van der Waals surface area contributed by atoms with Gasteiger partial charge in [-0.05, 0) is 26.0 Å². The monoisotopic (exact) mass is 434 g/mol. The van der Waals surface area contributed by atoms with Gasteiger partial charge in [0.05, 0.1) is 21.5 Å². The van der Waals surface area contributed by atoms with Crippen molar-refractivity contribution in [1.82, 2.24) is 15.0 Å². The summed E-state index contributed by atoms with van der Waals surface area (Å²) in [5.74, 6) is 0.683. The molecule has 11 heteroatoms. The van der Waals surface area contributed by atoms with Crippen molar-refractivity contribution in [2.24, 2.45) is 0 Å². The molecule has 0 aliphatic carbocycles. The standard InChI is InChI=1S/C15H17Cl3N6OS/c1-3-19-13-22-14(20-4-2)24-15(23-13)26-7-11(25)21-12-9(17)5-8(16)6-10(12)18/h5-6H,3-4,7H2,1-2H3,(H,21,25)(H2,19,20,22,23,24). The van der Waals surface area contributed by atoms with Crippen LogP contribution in [0.3, 0.4) is 0 Å². The SMILES string of the molecule is CCNc1nc(NCC)nc(SCC(=O)Nc2c(Cl)cc(Cl)cc2Cl)n1. The van der Waals surface area contributed by atoms with Crippen LogP contribution in [0.25, 0.3) is 0 Å². The van der Waals surface area contributed by atoms with Crippen LogP contribution in [0.15, 0.2) is 17.3 Å². The average Bonchev–Trinajstić information content (AvgIpc) is 2.57. The largest absolute Gasteiger partial charge is 0.354 e. The second kappa shape index (κ2) is 10.0. The number of anilines is 3. The number of halogens is 3. The molecule has 7 nitrogen and oxygen atoms in total. The van der Waals surface area contributed by atoms with Gasteiger partial charge in [-0.25, -0.2) is 0 Å². The van der Waals surface area contributed by atoms with E-state index in [0.717, 1.165) is 0 Å². The van der Waals surface area contributed by atoms with E-state index in [1.807, 2.05) is 13.8 Å². The minimum atomic E-state index is -0.295. The Kier molecular flexibility index (Phi) is 8.02. The number of carbonyl (C=O) groups is 1. The summed E-state index contributed by atoms with van der Waals surface area (Å²) in [6.45, 7) is 5.23. The van der Waals surface area contributed by atoms with E-state index in [2.05, 4.69) is 30.9 Å². The van der Waals surface area contributed by atoms with Gasteiger partial charge in [-0.1, -0.05) is 46.6 Å². The van der Waals surface area contributed by atoms with Gasteiger partial charge in [-0.3, -0.25) is 4.79 Å². The van der Waals surface area contributed by atoms with Crippen LogP contribution in [0.4, 0.5) is 17.6 Å². The molecular formula is C15H17Cl3N6OS. The molecule has 0 unspecified atom stereocenters. The molecule has 140 valence electrons. The number of hydrogen-bond donors (Lipinski definition) is 3. The molecule has 0 bridgehead atoms. The lowest BCUT2D eigenvalue weighted by atomic mass is 10.3. The fourth-order valence-electron chi connectivity index (χ4n) is 1.86. The minimum Gasteiger partial charge on any atom is -0.354 e. The molecule has 3 N–H and O–H groups in total. The number of nitrogens with one attached hydrogen (secondary N) is 3. The summed E-state index contributed by atoms with van der Waals surface area (Å²) in [6.07, 6.45) is 0. The molecule has 1 amide bonds. The molecule has 0 aliphatic rings. The van der Waals surface area contributed by atoms with Crippen molar-refractivity contribution in [2.75, 3.05) is 34.8 Å². The molecule has 1 aromatic heterocycles. The van der Waals surface area contributed by atoms with Crippen molar-refractivity contribution in [3.8, 4) is 0 Å². The van der Waals surface area contributed by atoms with Crippen LogP contribution < -0.4 is 16.0 Å². The van der Waals surface area contributed by atoms with E-state index >= 15 is 0 Å². The van der Waals surface area contributed by atoms with Crippen LogP contribution in [-0.2, 0) is 4.79 Å². The third kappa shape index (κ3) is 6.05. The number of rotatable bonds is 8. The first-order valence-corrected chi connectivity index (χ1v) is 9.85. The molecular weight excluding hydrogens is 419 g/mol. The van der Waals surface area contributed by atoms with E-state index in [4.69, 9.17) is 34.8 Å². The summed E-state index contributed by atoms with van der Waals surface area (Å²) in [5, 5.41) is 10.1. The number of benzene rings is 1. The number of aromatic nitrogens is 3. The third-order valence-electron chi connectivity index (χ3n) is 2.89. The summed E-state index contributed by atoms with van der Waals surface area (Å²) in [6, 6.07) is 3.02. The summed E-state index contributed by atoms with van der Waals surface area (Å²) in [4.78, 5) is 25.0. The Morgan fingerprint density at radius 2 is 1.54 bits per heavy atom. The molecule has 0 saturated carbocycles. The smallest absolute Gasteiger partial charge is 0.234 e. The van der Waals surface area contributed by atoms with Gasteiger partial charge in [-0.2, -0.15) is 15.0 Å². The zero-order chi connectivity index (χ0) is 19.1. The Morgan fingerprint density at radius 3 is 2.04 bits per heavy atom. The second-order valence-corrected chi connectivity index (χ2v) is 7.10. The van der Waals surface area contributed by atoms with Crippen molar-refractivity contribution in [3.05, 3.63) is 27.2 Å². The highest BCUT2D eigenvalue weighted by Gasteiger charge is 2.13. The van der Waals surface area contributed by atoms with E-state index in [1.165, 1.54) is 23.9 Å². The number of nitrogens with zero attached hydrogens (tertiary/aromatic N) is 3. The zero-order valence-corrected chi connectivity index (χ0v) is 17.2. The van der Waals surface area contributed by atoms with Gasteiger partial charge >= 0.3 is 0 Å². The van der Waals surface area contributed by atoms with Crippen molar-refractivity contribution < 1.29 is 4.79 Å². The third-order valence-corrected chi connectivity index (χ3v) is 4.55. The van der Waals surface area contributed by atoms with Crippen molar-refractivity contribution in [1.29, 1.82) is 0 Å². The predicted molar refractivity (Wildman–Crippen MR) is 109 cm³/mol. The topological polar surface area (TPSA) is 91.8 Å². The Morgan fingerprint density at radius 1 is 1.00 bits per heavy atom. The van der Waals surface area contributed by atoms with E-state index in [-0.39, 0.29) is 21.7 Å². The van der Waals surface area contributed by atoms with E-state index in [1.54, 1.807) is 0 Å². The van der Waals surface area contributed by atoms with Crippen molar-refractivity contribution in [2.45, 2.75) is 19.0 Å². The lowest BCUT2D eigenvalue weighted by Crippen LogP contribution is -2.15. The minimum absolute atomic E-state index is 0.0798. The quantitative estimate of drug-likeness (QED) is 0.528. The van der Waals surface area contributed by atoms with Crippen molar-refractivity contribution in [3.63, 3.8) is 0 Å². The van der Waals surface area contributed by atoms with Gasteiger partial charge in [0.25, 0.3) is 0 Å². The molecule has 0 spiro atoms. The Hall–Kier alpha value is -1.48. The van der Waals surface area contributed by atoms with Gasteiger partial charge in [-0.15, -0.1) is 0 Å². The average molecular weight is 436 g/mol. The Bertz CT molecular complexity index is 745. The fraction of sp³-hybridized carbons (Fsp3) is 0.333. The number of hydrogen-bond acceptors (Lipinski definition) is 7. The highest BCUT2D eigenvalue weighted by Crippen LogP contribution is 2.33. The first kappa shape index (κ1) is 20.8. The molecule has 1 aromatic carbocycles. The highest BCUT2D eigenvalue weighted by atomic mass is 35.5. The molecule has 0 saturated heterocycles. The van der Waals surface area contributed by atoms with E-state index in [0.29, 0.717) is 40.9 Å². The summed E-state index contributed by atoms with van der Waals surface area (Å²) in [7, 11) is 0. The van der Waals surface area contributed by atoms with Crippen LogP contribution in [0.2, 0.25) is 15.1 Å². The molecule has 0 radical (unpaired) electrons. The maximum atomic E-state index is 12.2. The normalized spacial score (nSPS) is 10.5. The molecule has 26 heavy (non-hydrogen) atoms. The van der Waals surface area contributed by atoms with Crippen LogP contribution >= 0.6 is 46.6 Å². The van der Waals surface area contributed by atoms with Gasteiger partial charge in [0, 0.05) is 18.1 Å². The predicted octanol–water partition coefficient (Wildman–Crippen LogP) is 4.43. The lowest BCUT2D eigenvalue weighted by molar-refractivity contribution is -0.113. The lowest BCUT2D eigenvalue weighted by Gasteiger charge is -2.10. The van der Waals surface area contributed by atoms with Gasteiger partial charge in [0.2, 0.25) is 17.8 Å². The maximum absolute atomic E-state index is 12.2. The summed E-state index contributed by atoms with van der Waals surface area (Å²) < 4.78 is 0. The van der Waals surface area contributed by atoms with Gasteiger partial charge in [0.15, 0.2) is 5.16 Å². The molecule has 0 fully saturated rings. The van der Waals surface area contributed by atoms with Crippen molar-refractivity contribution >= 4 is 70.1 Å². The zero-order valence-electron chi connectivity index (χ0n) is 14.1. The second-order valence-electron chi connectivity index (χ2n) is 4.91. The first-order valence-electron chi connectivity index (χ1n) is 7.74. The van der Waals surface area contributed by atoms with Crippen LogP contribution in [0.1, 0.15) is 13.8 Å². The van der Waals surface area contributed by atoms with Crippen LogP contribution in [-0.4, -0.2) is 39.7 Å². The summed E-state index contributed by atoms with van der Waals surface area (Å²) in [5.41, 5.74) is 0.320. The molecule has 0 aliphatic heterocycles. The number of amides is 1. The number of thioether (sulfide) groups is 1. The molecule has 2 aromatic rings. The first-order chi connectivity index (χ1) is 12.4. The fourth-order valence-corrected chi connectivity index (χ4v) is 3.41. The summed E-state index contributed by atoms with van der Waals surface area (Å²) >= 11 is 19.2. The molecule has 0 atom stereocenters. The Balaban J connectivity index is 2.05. The Labute approximate surface area is 170 Å². The van der Waals surface area contributed by atoms with E-state index in [9.17, 15) is 4.79 Å². The van der Waals surface area contributed by atoms with E-state index < -0.39 is 0 Å². The number of carbonyl (C=O) groups excluding carboxylic acids is 1. The van der Waals surface area contributed by atoms with Crippen LogP contribution in [0.5, 0.6) is 0 Å². The molecule has 1 heterocycles.